The number of nitrogens with zero attached hydrogens (tertiary/aromatic N) is 1. The summed E-state index contributed by atoms with van der Waals surface area (Å²) in [4.78, 5) is 14.4. The molecule has 2 aromatic rings. The van der Waals surface area contributed by atoms with Crippen LogP contribution in [-0.2, 0) is 4.74 Å². The number of hydrogen-bond acceptors (Lipinski definition) is 3. The molecular weight excluding hydrogens is 326 g/mol. The highest BCUT2D eigenvalue weighted by Crippen LogP contribution is 2.46. The number of rotatable bonds is 2. The van der Waals surface area contributed by atoms with Gasteiger partial charge in [-0.3, -0.25) is 0 Å². The van der Waals surface area contributed by atoms with E-state index in [4.69, 9.17) is 4.74 Å². The average Bonchev–Trinajstić information content (AvgIpc) is 3.28. The van der Waals surface area contributed by atoms with Gasteiger partial charge >= 0.3 is 6.09 Å². The monoisotopic (exact) mass is 349 g/mol. The second-order valence-electron chi connectivity index (χ2n) is 8.14. The number of hydrogen-bond donors (Lipinski definition) is 1. The van der Waals surface area contributed by atoms with Crippen LogP contribution in [0.5, 0.6) is 0 Å². The Morgan fingerprint density at radius 2 is 1.77 bits per heavy atom. The summed E-state index contributed by atoms with van der Waals surface area (Å²) in [7, 11) is 0. The lowest BCUT2D eigenvalue weighted by atomic mass is 9.95. The zero-order valence-electron chi connectivity index (χ0n) is 14.9. The molecule has 1 heterocycles. The number of aliphatic hydroxyl groups is 1. The quantitative estimate of drug-likeness (QED) is 0.898. The van der Waals surface area contributed by atoms with E-state index >= 15 is 0 Å². The summed E-state index contributed by atoms with van der Waals surface area (Å²) < 4.78 is 5.75. The van der Waals surface area contributed by atoms with Crippen LogP contribution in [0, 0.1) is 5.92 Å². The first-order valence-electron chi connectivity index (χ1n) is 9.38. The van der Waals surface area contributed by atoms with Crippen molar-refractivity contribution in [2.75, 3.05) is 13.2 Å². The molecule has 4 heteroatoms. The molecule has 3 atom stereocenters. The fourth-order valence-corrected chi connectivity index (χ4v) is 5.26. The molecule has 2 aromatic carbocycles. The average molecular weight is 349 g/mol. The van der Waals surface area contributed by atoms with E-state index in [0.717, 1.165) is 12.8 Å². The van der Waals surface area contributed by atoms with Gasteiger partial charge in [0.2, 0.25) is 0 Å². The number of likely N-dealkylation sites (tertiary alicyclic amines) is 1. The van der Waals surface area contributed by atoms with Gasteiger partial charge in [-0.2, -0.15) is 0 Å². The molecule has 5 rings (SSSR count). The fourth-order valence-electron chi connectivity index (χ4n) is 5.26. The highest BCUT2D eigenvalue weighted by Gasteiger charge is 2.53. The predicted molar refractivity (Wildman–Crippen MR) is 98.9 cm³/mol. The summed E-state index contributed by atoms with van der Waals surface area (Å²) in [5.74, 6) is 0.474. The lowest BCUT2D eigenvalue weighted by Gasteiger charge is -2.36. The predicted octanol–water partition coefficient (Wildman–Crippen LogP) is 3.78. The van der Waals surface area contributed by atoms with Crippen molar-refractivity contribution in [3.63, 3.8) is 0 Å². The maximum atomic E-state index is 12.7. The van der Waals surface area contributed by atoms with Gasteiger partial charge in [0.15, 0.2) is 0 Å². The first kappa shape index (κ1) is 15.9. The zero-order valence-corrected chi connectivity index (χ0v) is 14.9. The minimum Gasteiger partial charge on any atom is -0.448 e. The zero-order chi connectivity index (χ0) is 17.9. The van der Waals surface area contributed by atoms with Crippen molar-refractivity contribution >= 4 is 6.09 Å². The van der Waals surface area contributed by atoms with Crippen LogP contribution in [0.25, 0.3) is 11.1 Å². The Hall–Kier alpha value is -2.33. The third-order valence-electron chi connectivity index (χ3n) is 6.38. The second kappa shape index (κ2) is 5.58. The number of piperidine rings is 1. The Labute approximate surface area is 153 Å². The van der Waals surface area contributed by atoms with Crippen molar-refractivity contribution in [1.82, 2.24) is 4.90 Å². The summed E-state index contributed by atoms with van der Waals surface area (Å²) in [6.07, 6.45) is 1.38. The largest absolute Gasteiger partial charge is 0.448 e. The lowest BCUT2D eigenvalue weighted by Crippen LogP contribution is -2.51. The van der Waals surface area contributed by atoms with Crippen molar-refractivity contribution < 1.29 is 14.6 Å². The van der Waals surface area contributed by atoms with Gasteiger partial charge in [-0.25, -0.2) is 4.79 Å². The maximum Gasteiger partial charge on any atom is 0.410 e. The highest BCUT2D eigenvalue weighted by atomic mass is 16.6. The Kier molecular flexibility index (Phi) is 3.41. The van der Waals surface area contributed by atoms with E-state index in [1.54, 1.807) is 4.90 Å². The van der Waals surface area contributed by atoms with E-state index in [-0.39, 0.29) is 18.1 Å². The molecule has 4 nitrogen and oxygen atoms in total. The number of carbonyl (C=O) groups is 1. The Morgan fingerprint density at radius 3 is 2.35 bits per heavy atom. The lowest BCUT2D eigenvalue weighted by molar-refractivity contribution is -0.0278. The molecule has 1 saturated heterocycles. The normalized spacial score (nSPS) is 28.9. The molecule has 0 radical (unpaired) electrons. The number of carbonyl (C=O) groups excluding carboxylic acids is 1. The fraction of sp³-hybridized carbons (Fsp3) is 0.409. The van der Waals surface area contributed by atoms with Crippen LogP contribution >= 0.6 is 0 Å². The van der Waals surface area contributed by atoms with Crippen LogP contribution in [0.15, 0.2) is 48.5 Å². The van der Waals surface area contributed by atoms with E-state index in [0.29, 0.717) is 19.1 Å². The first-order chi connectivity index (χ1) is 12.5. The van der Waals surface area contributed by atoms with Crippen molar-refractivity contribution in [1.29, 1.82) is 0 Å². The van der Waals surface area contributed by atoms with Gasteiger partial charge in [0.1, 0.15) is 6.61 Å². The molecular formula is C22H23NO3. The van der Waals surface area contributed by atoms with Gasteiger partial charge < -0.3 is 14.7 Å². The van der Waals surface area contributed by atoms with Gasteiger partial charge in [-0.15, -0.1) is 0 Å². The SMILES string of the molecule is C[C@]1(O)C[C@@H]2C[C@H]1N(C(=O)OCC1c3ccccc3-c3ccccc31)C2. The minimum atomic E-state index is -0.783. The number of amides is 1. The van der Waals surface area contributed by atoms with Crippen LogP contribution < -0.4 is 0 Å². The molecule has 1 aliphatic heterocycles. The van der Waals surface area contributed by atoms with E-state index in [2.05, 4.69) is 24.3 Å². The van der Waals surface area contributed by atoms with E-state index in [1.165, 1.54) is 22.3 Å². The Balaban J connectivity index is 1.35. The van der Waals surface area contributed by atoms with Gasteiger partial charge in [-0.05, 0) is 47.9 Å². The van der Waals surface area contributed by atoms with Crippen molar-refractivity contribution in [3.8, 4) is 11.1 Å². The van der Waals surface area contributed by atoms with Crippen LogP contribution in [0.4, 0.5) is 4.79 Å². The van der Waals surface area contributed by atoms with Gasteiger partial charge in [0, 0.05) is 12.5 Å². The highest BCUT2D eigenvalue weighted by molar-refractivity contribution is 5.79. The van der Waals surface area contributed by atoms with Crippen molar-refractivity contribution in [2.24, 2.45) is 5.92 Å². The van der Waals surface area contributed by atoms with Gasteiger partial charge in [0.25, 0.3) is 0 Å². The summed E-state index contributed by atoms with van der Waals surface area (Å²) in [5.41, 5.74) is 4.11. The Bertz CT molecular complexity index is 830. The maximum absolute atomic E-state index is 12.7. The molecule has 3 aliphatic rings. The summed E-state index contributed by atoms with van der Waals surface area (Å²) in [5, 5.41) is 10.5. The molecule has 26 heavy (non-hydrogen) atoms. The third kappa shape index (κ3) is 2.28. The summed E-state index contributed by atoms with van der Waals surface area (Å²) >= 11 is 0. The third-order valence-corrected chi connectivity index (χ3v) is 6.38. The number of ether oxygens (including phenoxy) is 1. The first-order valence-corrected chi connectivity index (χ1v) is 9.38. The number of benzene rings is 2. The number of fused-ring (bicyclic) bond motifs is 5. The molecule has 0 aromatic heterocycles. The van der Waals surface area contributed by atoms with E-state index < -0.39 is 5.60 Å². The smallest absolute Gasteiger partial charge is 0.410 e. The van der Waals surface area contributed by atoms with Crippen LogP contribution in [0.3, 0.4) is 0 Å². The van der Waals surface area contributed by atoms with Crippen molar-refractivity contribution in [2.45, 2.75) is 37.3 Å². The van der Waals surface area contributed by atoms with E-state index in [1.807, 2.05) is 31.2 Å². The van der Waals surface area contributed by atoms with E-state index in [9.17, 15) is 9.90 Å². The Morgan fingerprint density at radius 1 is 1.15 bits per heavy atom. The molecule has 1 saturated carbocycles. The molecule has 1 N–H and O–H groups in total. The standard InChI is InChI=1S/C22H23NO3/c1-22(25)11-14-10-20(22)23(12-14)21(24)26-13-19-17-8-4-2-6-15(17)16-7-3-5-9-18(16)19/h2-9,14,19-20,25H,10-13H2,1H3/t14-,20+,22-/m0/s1. The molecule has 2 bridgehead atoms. The molecule has 134 valence electrons. The van der Waals surface area contributed by atoms with Crippen LogP contribution in [0.2, 0.25) is 0 Å². The molecule has 0 spiro atoms. The molecule has 2 aliphatic carbocycles. The van der Waals surface area contributed by atoms with Gasteiger partial charge in [-0.1, -0.05) is 48.5 Å². The van der Waals surface area contributed by atoms with Gasteiger partial charge in [0.05, 0.1) is 11.6 Å². The minimum absolute atomic E-state index is 0.0756. The molecule has 2 fully saturated rings. The van der Waals surface area contributed by atoms with Crippen LogP contribution in [0.1, 0.15) is 36.8 Å². The summed E-state index contributed by atoms with van der Waals surface area (Å²) in [6.45, 7) is 2.88. The van der Waals surface area contributed by atoms with Crippen LogP contribution in [-0.4, -0.2) is 40.9 Å². The summed E-state index contributed by atoms with van der Waals surface area (Å²) in [6, 6.07) is 16.6. The van der Waals surface area contributed by atoms with Crippen molar-refractivity contribution in [3.05, 3.63) is 59.7 Å². The topological polar surface area (TPSA) is 49.8 Å². The molecule has 1 amide bonds. The second-order valence-corrected chi connectivity index (χ2v) is 8.14. The molecule has 0 unspecified atom stereocenters.